The van der Waals surface area contributed by atoms with Crippen LogP contribution in [0.2, 0.25) is 10.0 Å². The van der Waals surface area contributed by atoms with Gasteiger partial charge in [-0.05, 0) is 35.4 Å². The van der Waals surface area contributed by atoms with Crippen LogP contribution in [0.5, 0.6) is 0 Å². The number of fused-ring (bicyclic) bond motifs is 1. The van der Waals surface area contributed by atoms with Gasteiger partial charge in [-0.15, -0.1) is 0 Å². The second kappa shape index (κ2) is 9.13. The average Bonchev–Trinajstić information content (AvgIpc) is 2.75. The average molecular weight is 483 g/mol. The molecule has 2 N–H and O–H groups in total. The Kier molecular flexibility index (Phi) is 6.46. The van der Waals surface area contributed by atoms with Crippen molar-refractivity contribution in [2.75, 3.05) is 11.9 Å². The molecule has 2 aromatic carbocycles. The van der Waals surface area contributed by atoms with E-state index in [1.165, 1.54) is 12.1 Å². The Hall–Kier alpha value is -2.55. The molecule has 2 heterocycles. The van der Waals surface area contributed by atoms with Crippen LogP contribution in [0.4, 0.5) is 19.1 Å². The van der Waals surface area contributed by atoms with Crippen molar-refractivity contribution in [3.05, 3.63) is 90.8 Å². The van der Waals surface area contributed by atoms with E-state index < -0.39 is 11.7 Å². The van der Waals surface area contributed by atoms with Crippen molar-refractivity contribution >= 4 is 29.2 Å². The van der Waals surface area contributed by atoms with Crippen molar-refractivity contribution in [1.82, 2.24) is 14.9 Å². The summed E-state index contributed by atoms with van der Waals surface area (Å²) in [5, 5.41) is 3.97. The van der Waals surface area contributed by atoms with Crippen molar-refractivity contribution in [2.24, 2.45) is 0 Å². The van der Waals surface area contributed by atoms with E-state index in [0.29, 0.717) is 52.3 Å². The van der Waals surface area contributed by atoms with Gasteiger partial charge in [-0.25, -0.2) is 4.98 Å². The Morgan fingerprint density at radius 3 is 2.47 bits per heavy atom. The van der Waals surface area contributed by atoms with Crippen molar-refractivity contribution in [3.63, 3.8) is 0 Å². The summed E-state index contributed by atoms with van der Waals surface area (Å²) in [4.78, 5) is 22.0. The van der Waals surface area contributed by atoms with Crippen LogP contribution in [0.15, 0.2) is 47.3 Å². The first-order valence-electron chi connectivity index (χ1n) is 9.87. The van der Waals surface area contributed by atoms with Crippen LogP contribution in [-0.4, -0.2) is 21.4 Å². The summed E-state index contributed by atoms with van der Waals surface area (Å²) in [7, 11) is 0. The predicted molar refractivity (Wildman–Crippen MR) is 118 cm³/mol. The number of aromatic nitrogens is 2. The number of nitrogens with zero attached hydrogens (tertiary/aromatic N) is 2. The lowest BCUT2D eigenvalue weighted by Gasteiger charge is -2.27. The van der Waals surface area contributed by atoms with E-state index in [9.17, 15) is 18.0 Å². The van der Waals surface area contributed by atoms with Gasteiger partial charge < -0.3 is 5.32 Å². The molecule has 0 spiro atoms. The van der Waals surface area contributed by atoms with Crippen LogP contribution in [-0.2, 0) is 32.2 Å². The highest BCUT2D eigenvalue weighted by Gasteiger charge is 2.30. The molecule has 5 nitrogen and oxygen atoms in total. The van der Waals surface area contributed by atoms with E-state index in [0.717, 1.165) is 24.2 Å². The monoisotopic (exact) mass is 482 g/mol. The molecule has 1 aliphatic heterocycles. The number of anilines is 1. The molecule has 0 saturated heterocycles. The maximum atomic E-state index is 12.7. The normalized spacial score (nSPS) is 14.3. The zero-order valence-electron chi connectivity index (χ0n) is 16.8. The largest absolute Gasteiger partial charge is 0.416 e. The molecule has 1 aromatic heterocycles. The third kappa shape index (κ3) is 5.26. The van der Waals surface area contributed by atoms with E-state index in [1.807, 2.05) is 12.1 Å². The van der Waals surface area contributed by atoms with Gasteiger partial charge in [0.25, 0.3) is 5.56 Å². The number of benzene rings is 2. The molecule has 0 fully saturated rings. The van der Waals surface area contributed by atoms with Gasteiger partial charge in [0, 0.05) is 32.6 Å². The SMILES string of the molecule is O=c1[nH]c(NCc2ccc(C(F)(F)F)cc2)nc2c1CN(Cc1ccc(Cl)c(Cl)c1)CC2. The van der Waals surface area contributed by atoms with Crippen LogP contribution in [0, 0.1) is 0 Å². The van der Waals surface area contributed by atoms with E-state index in [4.69, 9.17) is 23.2 Å². The first kappa shape index (κ1) is 22.6. The standard InChI is InChI=1S/C22H19Cl2F3N4O/c23-17-6-3-14(9-18(17)24)11-31-8-7-19-16(12-31)20(32)30-21(29-19)28-10-13-1-4-15(5-2-13)22(25,26)27/h1-6,9H,7-8,10-12H2,(H2,28,29,30,32). The Morgan fingerprint density at radius 2 is 1.78 bits per heavy atom. The quantitative estimate of drug-likeness (QED) is 0.520. The van der Waals surface area contributed by atoms with E-state index in [1.54, 1.807) is 6.07 Å². The van der Waals surface area contributed by atoms with E-state index >= 15 is 0 Å². The first-order chi connectivity index (χ1) is 15.2. The molecule has 0 atom stereocenters. The number of aromatic amines is 1. The van der Waals surface area contributed by atoms with E-state index in [2.05, 4.69) is 20.2 Å². The Labute approximate surface area is 192 Å². The van der Waals surface area contributed by atoms with Gasteiger partial charge in [0.15, 0.2) is 0 Å². The lowest BCUT2D eigenvalue weighted by molar-refractivity contribution is -0.137. The topological polar surface area (TPSA) is 61.0 Å². The fourth-order valence-corrected chi connectivity index (χ4v) is 3.91. The number of hydrogen-bond acceptors (Lipinski definition) is 4. The molecule has 0 amide bonds. The summed E-state index contributed by atoms with van der Waals surface area (Å²) in [6.07, 6.45) is -3.76. The molecule has 0 bridgehead atoms. The highest BCUT2D eigenvalue weighted by molar-refractivity contribution is 6.42. The zero-order chi connectivity index (χ0) is 22.9. The fourth-order valence-electron chi connectivity index (χ4n) is 3.59. The minimum Gasteiger partial charge on any atom is -0.352 e. The van der Waals surface area contributed by atoms with Crippen LogP contribution in [0.25, 0.3) is 0 Å². The van der Waals surface area contributed by atoms with Crippen LogP contribution >= 0.6 is 23.2 Å². The number of alkyl halides is 3. The van der Waals surface area contributed by atoms with Crippen molar-refractivity contribution in [1.29, 1.82) is 0 Å². The van der Waals surface area contributed by atoms with Crippen LogP contribution < -0.4 is 10.9 Å². The maximum absolute atomic E-state index is 12.7. The fraction of sp³-hybridized carbons (Fsp3) is 0.273. The second-order valence-corrected chi connectivity index (χ2v) is 8.41. The zero-order valence-corrected chi connectivity index (χ0v) is 18.3. The second-order valence-electron chi connectivity index (χ2n) is 7.60. The van der Waals surface area contributed by atoms with Gasteiger partial charge in [0.1, 0.15) is 0 Å². The van der Waals surface area contributed by atoms with Crippen LogP contribution in [0.3, 0.4) is 0 Å². The molecule has 4 rings (SSSR count). The number of rotatable bonds is 5. The lowest BCUT2D eigenvalue weighted by Crippen LogP contribution is -2.35. The third-order valence-electron chi connectivity index (χ3n) is 5.28. The molecular weight excluding hydrogens is 464 g/mol. The van der Waals surface area contributed by atoms with Gasteiger partial charge in [-0.2, -0.15) is 13.2 Å². The molecule has 10 heteroatoms. The molecule has 0 unspecified atom stereocenters. The van der Waals surface area contributed by atoms with Crippen molar-refractivity contribution < 1.29 is 13.2 Å². The summed E-state index contributed by atoms with van der Waals surface area (Å²) in [5.74, 6) is 0.298. The highest BCUT2D eigenvalue weighted by atomic mass is 35.5. The molecule has 3 aromatic rings. The molecule has 0 aliphatic carbocycles. The summed E-state index contributed by atoms with van der Waals surface area (Å²) in [5.41, 5.74) is 2.04. The summed E-state index contributed by atoms with van der Waals surface area (Å²) >= 11 is 12.0. The van der Waals surface area contributed by atoms with Gasteiger partial charge in [0.05, 0.1) is 26.9 Å². The Balaban J connectivity index is 1.41. The van der Waals surface area contributed by atoms with Gasteiger partial charge in [-0.3, -0.25) is 14.7 Å². The molecular formula is C22H19Cl2F3N4O. The predicted octanol–water partition coefficient (Wildman–Crippen LogP) is 5.27. The molecule has 168 valence electrons. The summed E-state index contributed by atoms with van der Waals surface area (Å²) in [6, 6.07) is 10.3. The summed E-state index contributed by atoms with van der Waals surface area (Å²) < 4.78 is 38.0. The van der Waals surface area contributed by atoms with Gasteiger partial charge in [0.2, 0.25) is 5.95 Å². The smallest absolute Gasteiger partial charge is 0.352 e. The molecule has 1 aliphatic rings. The highest BCUT2D eigenvalue weighted by Crippen LogP contribution is 2.29. The van der Waals surface area contributed by atoms with Gasteiger partial charge >= 0.3 is 6.18 Å². The lowest BCUT2D eigenvalue weighted by atomic mass is 10.1. The Morgan fingerprint density at radius 1 is 1.06 bits per heavy atom. The van der Waals surface area contributed by atoms with E-state index in [-0.39, 0.29) is 12.1 Å². The molecule has 0 saturated carbocycles. The number of halogens is 5. The molecule has 0 radical (unpaired) electrons. The molecule has 32 heavy (non-hydrogen) atoms. The number of hydrogen-bond donors (Lipinski definition) is 2. The van der Waals surface area contributed by atoms with Gasteiger partial charge in [-0.1, -0.05) is 41.4 Å². The minimum atomic E-state index is -4.37. The maximum Gasteiger partial charge on any atom is 0.416 e. The van der Waals surface area contributed by atoms with Crippen molar-refractivity contribution in [3.8, 4) is 0 Å². The third-order valence-corrected chi connectivity index (χ3v) is 6.02. The first-order valence-corrected chi connectivity index (χ1v) is 10.6. The Bertz CT molecular complexity index is 1180. The minimum absolute atomic E-state index is 0.233. The summed E-state index contributed by atoms with van der Waals surface area (Å²) in [6.45, 7) is 2.05. The van der Waals surface area contributed by atoms with Crippen LogP contribution in [0.1, 0.15) is 27.9 Å². The number of nitrogens with one attached hydrogen (secondary N) is 2. The van der Waals surface area contributed by atoms with Crippen molar-refractivity contribution in [2.45, 2.75) is 32.2 Å². The number of H-pyrrole nitrogens is 1.